The van der Waals surface area contributed by atoms with Gasteiger partial charge in [-0.2, -0.15) is 4.31 Å². The van der Waals surface area contributed by atoms with Crippen LogP contribution in [0.25, 0.3) is 0 Å². The number of piperidine rings is 1. The van der Waals surface area contributed by atoms with Crippen LogP contribution in [0, 0.1) is 5.82 Å². The van der Waals surface area contributed by atoms with Crippen LogP contribution < -0.4 is 4.90 Å². The molecule has 2 heterocycles. The van der Waals surface area contributed by atoms with E-state index in [9.17, 15) is 12.8 Å². The number of sulfonamides is 1. The molecular weight excluding hydrogens is 331 g/mol. The average Bonchev–Trinajstić information content (AvgIpc) is 3.40. The van der Waals surface area contributed by atoms with E-state index >= 15 is 0 Å². The summed E-state index contributed by atoms with van der Waals surface area (Å²) >= 11 is 0. The summed E-state index contributed by atoms with van der Waals surface area (Å²) < 4.78 is 46.4. The predicted octanol–water partition coefficient (Wildman–Crippen LogP) is 1.99. The highest BCUT2D eigenvalue weighted by atomic mass is 32.2. The molecule has 24 heavy (non-hydrogen) atoms. The molecule has 5 nitrogen and oxygen atoms in total. The first kappa shape index (κ1) is 16.3. The first-order chi connectivity index (χ1) is 11.5. The van der Waals surface area contributed by atoms with Gasteiger partial charge < -0.3 is 9.64 Å². The summed E-state index contributed by atoms with van der Waals surface area (Å²) in [6.45, 7) is 2.73. The van der Waals surface area contributed by atoms with Crippen LogP contribution in [0.1, 0.15) is 25.7 Å². The first-order valence-corrected chi connectivity index (χ1v) is 10.1. The molecule has 0 amide bonds. The minimum atomic E-state index is -3.18. The van der Waals surface area contributed by atoms with Crippen LogP contribution in [-0.2, 0) is 14.8 Å². The van der Waals surface area contributed by atoms with Gasteiger partial charge in [0.05, 0.1) is 17.5 Å². The van der Waals surface area contributed by atoms with Gasteiger partial charge in [0, 0.05) is 31.9 Å². The lowest BCUT2D eigenvalue weighted by Gasteiger charge is -2.48. The molecule has 2 aliphatic heterocycles. The number of hydrogen-bond donors (Lipinski definition) is 0. The number of halogens is 1. The molecule has 3 aliphatic rings. The van der Waals surface area contributed by atoms with Crippen molar-refractivity contribution in [3.8, 4) is 0 Å². The van der Waals surface area contributed by atoms with E-state index in [-0.39, 0.29) is 11.1 Å². The van der Waals surface area contributed by atoms with Crippen molar-refractivity contribution in [3.63, 3.8) is 0 Å². The van der Waals surface area contributed by atoms with E-state index in [0.717, 1.165) is 37.9 Å². The Morgan fingerprint density at radius 2 is 2.04 bits per heavy atom. The van der Waals surface area contributed by atoms with E-state index in [1.807, 2.05) is 6.07 Å². The lowest BCUT2D eigenvalue weighted by Crippen LogP contribution is -2.61. The standard InChI is InChI=1S/C17H23FN2O3S/c18-14-3-1-4-15(11-14)19-8-2-7-17(12-19)13-20(9-10-23-17)24(21,22)16-5-6-16/h1,3-4,11,16H,2,5-10,12-13H2. The summed E-state index contributed by atoms with van der Waals surface area (Å²) in [4.78, 5) is 2.11. The topological polar surface area (TPSA) is 49.9 Å². The van der Waals surface area contributed by atoms with Gasteiger partial charge in [-0.25, -0.2) is 12.8 Å². The molecule has 1 unspecified atom stereocenters. The van der Waals surface area contributed by atoms with Gasteiger partial charge in [-0.05, 0) is 43.9 Å². The van der Waals surface area contributed by atoms with E-state index in [0.29, 0.717) is 26.2 Å². The number of benzene rings is 1. The lowest BCUT2D eigenvalue weighted by atomic mass is 9.91. The van der Waals surface area contributed by atoms with Gasteiger partial charge in [0.1, 0.15) is 5.82 Å². The molecular formula is C17H23FN2O3S. The van der Waals surface area contributed by atoms with Crippen LogP contribution in [0.2, 0.25) is 0 Å². The fraction of sp³-hybridized carbons (Fsp3) is 0.647. The summed E-state index contributed by atoms with van der Waals surface area (Å²) in [6, 6.07) is 6.56. The number of ether oxygens (including phenoxy) is 1. The maximum Gasteiger partial charge on any atom is 0.217 e. The van der Waals surface area contributed by atoms with E-state index in [2.05, 4.69) is 4.90 Å². The predicted molar refractivity (Wildman–Crippen MR) is 90.0 cm³/mol. The third-order valence-corrected chi connectivity index (χ3v) is 7.58. The zero-order valence-electron chi connectivity index (χ0n) is 13.7. The van der Waals surface area contributed by atoms with Gasteiger partial charge in [0.2, 0.25) is 10.0 Å². The molecule has 1 aromatic rings. The Bertz CT molecular complexity index is 718. The fourth-order valence-electron chi connectivity index (χ4n) is 3.84. The molecule has 1 aromatic carbocycles. The Morgan fingerprint density at radius 1 is 1.21 bits per heavy atom. The Morgan fingerprint density at radius 3 is 2.79 bits per heavy atom. The molecule has 4 rings (SSSR count). The van der Waals surface area contributed by atoms with Gasteiger partial charge in [-0.3, -0.25) is 0 Å². The van der Waals surface area contributed by atoms with E-state index in [1.54, 1.807) is 10.4 Å². The fourth-order valence-corrected chi connectivity index (χ4v) is 5.74. The number of morpholine rings is 1. The SMILES string of the molecule is O=S(=O)(C1CC1)N1CCOC2(CCCN(c3cccc(F)c3)C2)C1. The third-order valence-electron chi connectivity index (χ3n) is 5.23. The molecule has 0 bridgehead atoms. The summed E-state index contributed by atoms with van der Waals surface area (Å²) in [5.41, 5.74) is 0.352. The largest absolute Gasteiger partial charge is 0.370 e. The van der Waals surface area contributed by atoms with Crippen molar-refractivity contribution < 1.29 is 17.5 Å². The van der Waals surface area contributed by atoms with Crippen molar-refractivity contribution in [1.29, 1.82) is 0 Å². The van der Waals surface area contributed by atoms with Crippen LogP contribution in [0.3, 0.4) is 0 Å². The van der Waals surface area contributed by atoms with Gasteiger partial charge in [0.25, 0.3) is 0 Å². The minimum Gasteiger partial charge on any atom is -0.370 e. The Hall–Kier alpha value is -1.18. The first-order valence-electron chi connectivity index (χ1n) is 8.62. The third kappa shape index (κ3) is 3.05. The number of anilines is 1. The zero-order valence-corrected chi connectivity index (χ0v) is 14.5. The summed E-state index contributed by atoms with van der Waals surface area (Å²) in [5.74, 6) is -0.255. The van der Waals surface area contributed by atoms with Crippen molar-refractivity contribution in [2.75, 3.05) is 37.7 Å². The van der Waals surface area contributed by atoms with Crippen molar-refractivity contribution in [3.05, 3.63) is 30.1 Å². The van der Waals surface area contributed by atoms with Gasteiger partial charge in [-0.1, -0.05) is 6.07 Å². The lowest BCUT2D eigenvalue weighted by molar-refractivity contribution is -0.0950. The molecule has 1 atom stereocenters. The van der Waals surface area contributed by atoms with E-state index in [4.69, 9.17) is 4.74 Å². The minimum absolute atomic E-state index is 0.185. The van der Waals surface area contributed by atoms with Crippen molar-refractivity contribution >= 4 is 15.7 Å². The number of hydrogen-bond acceptors (Lipinski definition) is 4. The van der Waals surface area contributed by atoms with Crippen LogP contribution in [0.5, 0.6) is 0 Å². The summed E-state index contributed by atoms with van der Waals surface area (Å²) in [7, 11) is -3.18. The molecule has 2 saturated heterocycles. The Labute approximate surface area is 142 Å². The molecule has 132 valence electrons. The number of nitrogens with zero attached hydrogens (tertiary/aromatic N) is 2. The average molecular weight is 354 g/mol. The smallest absolute Gasteiger partial charge is 0.217 e. The van der Waals surface area contributed by atoms with Crippen LogP contribution in [0.15, 0.2) is 24.3 Å². The molecule has 0 radical (unpaired) electrons. The van der Waals surface area contributed by atoms with E-state index in [1.165, 1.54) is 12.1 Å². The van der Waals surface area contributed by atoms with Crippen LogP contribution in [-0.4, -0.2) is 56.4 Å². The van der Waals surface area contributed by atoms with Gasteiger partial charge in [0.15, 0.2) is 0 Å². The molecule has 0 N–H and O–H groups in total. The quantitative estimate of drug-likeness (QED) is 0.833. The highest BCUT2D eigenvalue weighted by Crippen LogP contribution is 2.36. The van der Waals surface area contributed by atoms with E-state index < -0.39 is 15.6 Å². The second-order valence-corrected chi connectivity index (χ2v) is 9.33. The summed E-state index contributed by atoms with van der Waals surface area (Å²) in [6.07, 6.45) is 3.31. The zero-order chi connectivity index (χ0) is 16.8. The van der Waals surface area contributed by atoms with Crippen molar-refractivity contribution in [2.24, 2.45) is 0 Å². The van der Waals surface area contributed by atoms with Crippen LogP contribution >= 0.6 is 0 Å². The number of rotatable bonds is 3. The Kier molecular flexibility index (Phi) is 4.05. The molecule has 1 saturated carbocycles. The molecule has 7 heteroatoms. The second kappa shape index (κ2) is 5.97. The van der Waals surface area contributed by atoms with Crippen molar-refractivity contribution in [2.45, 2.75) is 36.5 Å². The van der Waals surface area contributed by atoms with Crippen LogP contribution in [0.4, 0.5) is 10.1 Å². The molecule has 0 aromatic heterocycles. The highest BCUT2D eigenvalue weighted by molar-refractivity contribution is 7.90. The normalized spacial score (nSPS) is 29.1. The highest BCUT2D eigenvalue weighted by Gasteiger charge is 2.47. The maximum atomic E-state index is 13.5. The van der Waals surface area contributed by atoms with Crippen molar-refractivity contribution in [1.82, 2.24) is 4.31 Å². The summed E-state index contributed by atoms with van der Waals surface area (Å²) in [5, 5.41) is -0.185. The molecule has 3 fully saturated rings. The van der Waals surface area contributed by atoms with Gasteiger partial charge in [-0.15, -0.1) is 0 Å². The molecule has 1 aliphatic carbocycles. The van der Waals surface area contributed by atoms with Gasteiger partial charge >= 0.3 is 0 Å². The second-order valence-electron chi connectivity index (χ2n) is 7.11. The maximum absolute atomic E-state index is 13.5. The Balaban J connectivity index is 1.53. The monoisotopic (exact) mass is 354 g/mol. The molecule has 1 spiro atoms.